The highest BCUT2D eigenvalue weighted by Gasteiger charge is 2.22. The van der Waals surface area contributed by atoms with E-state index >= 15 is 0 Å². The highest BCUT2D eigenvalue weighted by atomic mass is 19.1. The van der Waals surface area contributed by atoms with E-state index in [1.54, 1.807) is 0 Å². The Hall–Kier alpha value is -2.54. The number of ether oxygens (including phenoxy) is 1. The van der Waals surface area contributed by atoms with Gasteiger partial charge in [0.05, 0.1) is 4.92 Å². The van der Waals surface area contributed by atoms with Crippen LogP contribution in [0, 0.1) is 28.7 Å². The molecule has 0 aliphatic heterocycles. The molecule has 0 aliphatic rings. The van der Waals surface area contributed by atoms with Crippen molar-refractivity contribution in [2.45, 2.75) is 13.5 Å². The van der Waals surface area contributed by atoms with Crippen molar-refractivity contribution in [3.05, 3.63) is 63.2 Å². The maximum absolute atomic E-state index is 13.8. The Labute approximate surface area is 119 Å². The molecule has 0 fully saturated rings. The molecule has 0 atom stereocenters. The normalized spacial score (nSPS) is 10.5. The lowest BCUT2D eigenvalue weighted by Gasteiger charge is -2.10. The summed E-state index contributed by atoms with van der Waals surface area (Å²) in [6, 6.07) is 6.35. The molecule has 7 heteroatoms. The van der Waals surface area contributed by atoms with Gasteiger partial charge in [0.15, 0.2) is 17.4 Å². The average molecular weight is 294 g/mol. The summed E-state index contributed by atoms with van der Waals surface area (Å²) < 4.78 is 32.7. The molecule has 0 bridgehead atoms. The fraction of sp³-hybridized carbons (Fsp3) is 0.143. The van der Waals surface area contributed by atoms with E-state index in [1.165, 1.54) is 25.1 Å². The quantitative estimate of drug-likeness (QED) is 0.692. The van der Waals surface area contributed by atoms with Crippen LogP contribution < -0.4 is 10.5 Å². The van der Waals surface area contributed by atoms with Crippen LogP contribution in [0.2, 0.25) is 0 Å². The Morgan fingerprint density at radius 2 is 1.90 bits per heavy atom. The van der Waals surface area contributed by atoms with Crippen LogP contribution in [0.3, 0.4) is 0 Å². The first-order valence-corrected chi connectivity index (χ1v) is 6.04. The molecule has 0 radical (unpaired) electrons. The van der Waals surface area contributed by atoms with Crippen LogP contribution in [0.1, 0.15) is 11.1 Å². The topological polar surface area (TPSA) is 78.4 Å². The van der Waals surface area contributed by atoms with Gasteiger partial charge in [0, 0.05) is 12.1 Å². The fourth-order valence-electron chi connectivity index (χ4n) is 1.89. The van der Waals surface area contributed by atoms with E-state index in [0.717, 1.165) is 12.1 Å². The minimum absolute atomic E-state index is 0.0291. The van der Waals surface area contributed by atoms with Crippen molar-refractivity contribution in [2.75, 3.05) is 0 Å². The van der Waals surface area contributed by atoms with Gasteiger partial charge >= 0.3 is 5.69 Å². The van der Waals surface area contributed by atoms with Crippen molar-refractivity contribution in [3.8, 4) is 11.5 Å². The summed E-state index contributed by atoms with van der Waals surface area (Å²) in [4.78, 5) is 10.4. The van der Waals surface area contributed by atoms with E-state index in [2.05, 4.69) is 0 Å². The van der Waals surface area contributed by atoms with Crippen molar-refractivity contribution in [1.29, 1.82) is 0 Å². The van der Waals surface area contributed by atoms with Gasteiger partial charge in [-0.05, 0) is 30.7 Å². The van der Waals surface area contributed by atoms with Crippen LogP contribution in [-0.4, -0.2) is 4.92 Å². The lowest BCUT2D eigenvalue weighted by molar-refractivity contribution is -0.386. The summed E-state index contributed by atoms with van der Waals surface area (Å²) in [5.74, 6) is -2.85. The number of nitro benzene ring substituents is 1. The van der Waals surface area contributed by atoms with Gasteiger partial charge in [-0.15, -0.1) is 0 Å². The summed E-state index contributed by atoms with van der Waals surface area (Å²) in [7, 11) is 0. The molecule has 0 amide bonds. The number of halogens is 2. The Morgan fingerprint density at radius 1 is 1.29 bits per heavy atom. The molecule has 2 rings (SSSR count). The van der Waals surface area contributed by atoms with E-state index in [4.69, 9.17) is 10.5 Å². The highest BCUT2D eigenvalue weighted by Crippen LogP contribution is 2.36. The number of para-hydroxylation sites is 1. The van der Waals surface area contributed by atoms with Gasteiger partial charge < -0.3 is 10.5 Å². The molecule has 2 aromatic carbocycles. The molecule has 0 saturated carbocycles. The SMILES string of the molecule is Cc1cccc(Oc2c(F)cc(CN)cc2F)c1[N+](=O)[O-]. The van der Waals surface area contributed by atoms with E-state index in [1.807, 2.05) is 0 Å². The number of rotatable bonds is 4. The number of hydrogen-bond donors (Lipinski definition) is 1. The van der Waals surface area contributed by atoms with Crippen molar-refractivity contribution >= 4 is 5.69 Å². The van der Waals surface area contributed by atoms with Crippen LogP contribution in [0.5, 0.6) is 11.5 Å². The van der Waals surface area contributed by atoms with Crippen molar-refractivity contribution < 1.29 is 18.4 Å². The number of nitrogens with two attached hydrogens (primary N) is 1. The smallest absolute Gasteiger partial charge is 0.314 e. The van der Waals surface area contributed by atoms with E-state index in [-0.39, 0.29) is 23.5 Å². The van der Waals surface area contributed by atoms with E-state index in [9.17, 15) is 18.9 Å². The number of nitro groups is 1. The summed E-state index contributed by atoms with van der Waals surface area (Å²) in [6.07, 6.45) is 0. The van der Waals surface area contributed by atoms with Gasteiger partial charge in [0.25, 0.3) is 0 Å². The van der Waals surface area contributed by atoms with Crippen LogP contribution in [0.4, 0.5) is 14.5 Å². The van der Waals surface area contributed by atoms with Crippen LogP contribution in [0.15, 0.2) is 30.3 Å². The highest BCUT2D eigenvalue weighted by molar-refractivity contribution is 5.54. The number of benzene rings is 2. The molecule has 0 aliphatic carbocycles. The minimum Gasteiger partial charge on any atom is -0.444 e. The second-order valence-electron chi connectivity index (χ2n) is 4.37. The molecule has 2 aromatic rings. The van der Waals surface area contributed by atoms with Crippen molar-refractivity contribution in [3.63, 3.8) is 0 Å². The molecular weight excluding hydrogens is 282 g/mol. The zero-order chi connectivity index (χ0) is 15.6. The van der Waals surface area contributed by atoms with Gasteiger partial charge in [0.1, 0.15) is 0 Å². The molecule has 2 N–H and O–H groups in total. The number of aryl methyl sites for hydroxylation is 1. The molecule has 0 spiro atoms. The van der Waals surface area contributed by atoms with E-state index < -0.39 is 22.3 Å². The van der Waals surface area contributed by atoms with Crippen molar-refractivity contribution in [2.24, 2.45) is 5.73 Å². The maximum atomic E-state index is 13.8. The average Bonchev–Trinajstić information content (AvgIpc) is 2.42. The largest absolute Gasteiger partial charge is 0.444 e. The maximum Gasteiger partial charge on any atom is 0.314 e. The molecule has 0 aromatic heterocycles. The Morgan fingerprint density at radius 3 is 2.43 bits per heavy atom. The predicted octanol–water partition coefficient (Wildman–Crippen LogP) is 3.43. The predicted molar refractivity (Wildman–Crippen MR) is 72.2 cm³/mol. The fourth-order valence-corrected chi connectivity index (χ4v) is 1.89. The van der Waals surface area contributed by atoms with Crippen LogP contribution in [0.25, 0.3) is 0 Å². The van der Waals surface area contributed by atoms with Crippen LogP contribution in [-0.2, 0) is 6.54 Å². The first-order valence-electron chi connectivity index (χ1n) is 6.04. The van der Waals surface area contributed by atoms with Gasteiger partial charge in [-0.3, -0.25) is 10.1 Å². The number of nitrogens with zero attached hydrogens (tertiary/aromatic N) is 1. The van der Waals surface area contributed by atoms with E-state index in [0.29, 0.717) is 5.56 Å². The second-order valence-corrected chi connectivity index (χ2v) is 4.37. The molecule has 110 valence electrons. The molecule has 0 heterocycles. The Balaban J connectivity index is 2.49. The minimum atomic E-state index is -0.966. The first kappa shape index (κ1) is 14.9. The summed E-state index contributed by atoms with van der Waals surface area (Å²) in [6.45, 7) is 1.48. The lowest BCUT2D eigenvalue weighted by atomic mass is 10.2. The molecule has 21 heavy (non-hydrogen) atoms. The number of hydrogen-bond acceptors (Lipinski definition) is 4. The van der Waals surface area contributed by atoms with Gasteiger partial charge in [-0.2, -0.15) is 0 Å². The van der Waals surface area contributed by atoms with Crippen LogP contribution >= 0.6 is 0 Å². The molecule has 0 saturated heterocycles. The zero-order valence-electron chi connectivity index (χ0n) is 11.1. The molecule has 0 unspecified atom stereocenters. The lowest BCUT2D eigenvalue weighted by Crippen LogP contribution is -2.02. The van der Waals surface area contributed by atoms with Crippen molar-refractivity contribution in [1.82, 2.24) is 0 Å². The third kappa shape index (κ3) is 2.97. The summed E-state index contributed by atoms with van der Waals surface area (Å²) in [5.41, 5.74) is 5.57. The van der Waals surface area contributed by atoms with Gasteiger partial charge in [0.2, 0.25) is 5.75 Å². The molecular formula is C14H12F2N2O3. The first-order chi connectivity index (χ1) is 9.93. The summed E-state index contributed by atoms with van der Waals surface area (Å²) in [5, 5.41) is 11.0. The zero-order valence-corrected chi connectivity index (χ0v) is 11.1. The Bertz CT molecular complexity index is 682. The van der Waals surface area contributed by atoms with Gasteiger partial charge in [-0.1, -0.05) is 12.1 Å². The van der Waals surface area contributed by atoms with Gasteiger partial charge in [-0.25, -0.2) is 8.78 Å². The second kappa shape index (κ2) is 5.84. The molecule has 5 nitrogen and oxygen atoms in total. The Kier molecular flexibility index (Phi) is 4.13. The third-order valence-electron chi connectivity index (χ3n) is 2.89. The third-order valence-corrected chi connectivity index (χ3v) is 2.89. The summed E-state index contributed by atoms with van der Waals surface area (Å²) >= 11 is 0. The monoisotopic (exact) mass is 294 g/mol. The standard InChI is InChI=1S/C14H12F2N2O3/c1-8-3-2-4-12(13(8)18(19)20)21-14-10(15)5-9(7-17)6-11(14)16/h2-6H,7,17H2,1H3.